The highest BCUT2D eigenvalue weighted by Crippen LogP contribution is 2.26. The Labute approximate surface area is 165 Å². The van der Waals surface area contributed by atoms with Crippen LogP contribution in [-0.2, 0) is 6.61 Å². The van der Waals surface area contributed by atoms with Gasteiger partial charge in [-0.1, -0.05) is 23.7 Å². The van der Waals surface area contributed by atoms with E-state index >= 15 is 0 Å². The summed E-state index contributed by atoms with van der Waals surface area (Å²) in [4.78, 5) is 13.6. The summed E-state index contributed by atoms with van der Waals surface area (Å²) in [6, 6.07) is 16.4. The minimum Gasteiger partial charge on any atom is -0.409 e. The highest BCUT2D eigenvalue weighted by molar-refractivity contribution is 6.31. The van der Waals surface area contributed by atoms with Crippen LogP contribution in [0.15, 0.2) is 73.2 Å². The van der Waals surface area contributed by atoms with Crippen LogP contribution in [-0.4, -0.2) is 14.7 Å². The molecule has 0 aliphatic heterocycles. The summed E-state index contributed by atoms with van der Waals surface area (Å²) in [7, 11) is 0. The minimum atomic E-state index is -0.343. The van der Waals surface area contributed by atoms with Crippen LogP contribution >= 0.6 is 11.6 Å². The van der Waals surface area contributed by atoms with Gasteiger partial charge in [0.2, 0.25) is 0 Å². The van der Waals surface area contributed by atoms with E-state index in [1.54, 1.807) is 10.9 Å². The third-order valence-electron chi connectivity index (χ3n) is 4.76. The topological polar surface area (TPSA) is 42.8 Å². The molecule has 1 N–H and O–H groups in total. The van der Waals surface area contributed by atoms with Crippen molar-refractivity contribution in [1.82, 2.24) is 14.7 Å². The van der Waals surface area contributed by atoms with E-state index in [4.69, 9.17) is 16.4 Å². The SMILES string of the molecule is Fc1ccc(Cl)c(COn2ccc3ncc(-c4ccc5cc[nH]c5c4)cc32)c1. The van der Waals surface area contributed by atoms with E-state index in [0.717, 1.165) is 33.1 Å². The Kier molecular flexibility index (Phi) is 4.02. The molecule has 0 bridgehead atoms. The van der Waals surface area contributed by atoms with Gasteiger partial charge in [0, 0.05) is 40.3 Å². The van der Waals surface area contributed by atoms with E-state index in [2.05, 4.69) is 28.2 Å². The Morgan fingerprint density at radius 3 is 2.89 bits per heavy atom. The highest BCUT2D eigenvalue weighted by Gasteiger charge is 2.09. The van der Waals surface area contributed by atoms with Gasteiger partial charge in [-0.15, -0.1) is 0 Å². The van der Waals surface area contributed by atoms with E-state index in [1.165, 1.54) is 18.2 Å². The molecule has 3 heterocycles. The summed E-state index contributed by atoms with van der Waals surface area (Å²) in [6.45, 7) is 0.152. The molecule has 0 unspecified atom stereocenters. The number of aromatic amines is 1. The first kappa shape index (κ1) is 16.8. The molecule has 6 heteroatoms. The van der Waals surface area contributed by atoms with E-state index in [0.29, 0.717) is 10.6 Å². The Bertz CT molecular complexity index is 1310. The summed E-state index contributed by atoms with van der Waals surface area (Å²) in [5.74, 6) is -0.343. The second kappa shape index (κ2) is 6.69. The predicted molar refractivity (Wildman–Crippen MR) is 109 cm³/mol. The van der Waals surface area contributed by atoms with Crippen molar-refractivity contribution >= 4 is 33.5 Å². The van der Waals surface area contributed by atoms with Crippen LogP contribution in [0.25, 0.3) is 33.1 Å². The lowest BCUT2D eigenvalue weighted by Gasteiger charge is -2.10. The number of pyridine rings is 1. The van der Waals surface area contributed by atoms with Crippen LogP contribution in [0.5, 0.6) is 0 Å². The molecule has 138 valence electrons. The molecule has 0 amide bonds. The van der Waals surface area contributed by atoms with Gasteiger partial charge in [-0.2, -0.15) is 4.73 Å². The monoisotopic (exact) mass is 391 g/mol. The van der Waals surface area contributed by atoms with Crippen LogP contribution in [0.1, 0.15) is 5.56 Å². The summed E-state index contributed by atoms with van der Waals surface area (Å²) < 4.78 is 15.1. The second-order valence-electron chi connectivity index (χ2n) is 6.56. The van der Waals surface area contributed by atoms with Crippen molar-refractivity contribution in [2.24, 2.45) is 0 Å². The molecule has 0 fully saturated rings. The van der Waals surface area contributed by atoms with Crippen molar-refractivity contribution in [3.63, 3.8) is 0 Å². The second-order valence-corrected chi connectivity index (χ2v) is 6.97. The lowest BCUT2D eigenvalue weighted by Crippen LogP contribution is -2.10. The number of fused-ring (bicyclic) bond motifs is 2. The van der Waals surface area contributed by atoms with Crippen molar-refractivity contribution in [3.05, 3.63) is 89.6 Å². The average Bonchev–Trinajstić information content (AvgIpc) is 3.34. The molecule has 0 radical (unpaired) electrons. The molecular weight excluding hydrogens is 377 g/mol. The van der Waals surface area contributed by atoms with Gasteiger partial charge in [0.1, 0.15) is 17.9 Å². The maximum Gasteiger partial charge on any atom is 0.141 e. The lowest BCUT2D eigenvalue weighted by molar-refractivity contribution is 0.107. The smallest absolute Gasteiger partial charge is 0.141 e. The molecule has 3 aromatic heterocycles. The zero-order chi connectivity index (χ0) is 19.1. The van der Waals surface area contributed by atoms with E-state index < -0.39 is 0 Å². The Morgan fingerprint density at radius 2 is 1.96 bits per heavy atom. The Morgan fingerprint density at radius 1 is 1.04 bits per heavy atom. The number of hydrogen-bond acceptors (Lipinski definition) is 2. The standard InChI is InChI=1S/C22H15ClFN3O/c23-19-4-3-18(24)9-17(19)13-28-27-8-6-20-22(27)11-16(12-26-20)15-2-1-14-5-7-25-21(14)10-15/h1-12,25H,13H2. The Hall–Kier alpha value is -3.31. The fourth-order valence-electron chi connectivity index (χ4n) is 3.28. The molecular formula is C22H15ClFN3O. The van der Waals surface area contributed by atoms with Crippen molar-refractivity contribution in [3.8, 4) is 11.1 Å². The van der Waals surface area contributed by atoms with Gasteiger partial charge >= 0.3 is 0 Å². The van der Waals surface area contributed by atoms with Crippen molar-refractivity contribution in [2.75, 3.05) is 0 Å². The maximum atomic E-state index is 13.5. The molecule has 0 spiro atoms. The largest absolute Gasteiger partial charge is 0.409 e. The van der Waals surface area contributed by atoms with Crippen LogP contribution in [0.4, 0.5) is 4.39 Å². The molecule has 4 nitrogen and oxygen atoms in total. The van der Waals surface area contributed by atoms with Crippen molar-refractivity contribution in [1.29, 1.82) is 0 Å². The van der Waals surface area contributed by atoms with Crippen LogP contribution in [0.3, 0.4) is 0 Å². The molecule has 0 aliphatic rings. The fraction of sp³-hybridized carbons (Fsp3) is 0.0455. The van der Waals surface area contributed by atoms with E-state index in [1.807, 2.05) is 30.6 Å². The average molecular weight is 392 g/mol. The van der Waals surface area contributed by atoms with Gasteiger partial charge in [0.25, 0.3) is 0 Å². The Balaban J connectivity index is 1.48. The van der Waals surface area contributed by atoms with Gasteiger partial charge in [-0.3, -0.25) is 4.98 Å². The summed E-state index contributed by atoms with van der Waals surface area (Å²) >= 11 is 6.13. The molecule has 0 aliphatic carbocycles. The summed E-state index contributed by atoms with van der Waals surface area (Å²) in [5, 5.41) is 1.63. The zero-order valence-electron chi connectivity index (χ0n) is 14.7. The number of H-pyrrole nitrogens is 1. The third kappa shape index (κ3) is 3.00. The number of hydrogen-bond donors (Lipinski definition) is 1. The number of nitrogens with one attached hydrogen (secondary N) is 1. The van der Waals surface area contributed by atoms with Crippen LogP contribution < -0.4 is 4.84 Å². The fourth-order valence-corrected chi connectivity index (χ4v) is 3.45. The number of benzene rings is 2. The van der Waals surface area contributed by atoms with Gasteiger partial charge in [0.15, 0.2) is 0 Å². The highest BCUT2D eigenvalue weighted by atomic mass is 35.5. The normalized spacial score (nSPS) is 11.4. The molecule has 0 atom stereocenters. The number of rotatable bonds is 4. The van der Waals surface area contributed by atoms with Gasteiger partial charge in [-0.05, 0) is 53.4 Å². The summed E-state index contributed by atoms with van der Waals surface area (Å²) in [6.07, 6.45) is 5.56. The van der Waals surface area contributed by atoms with Gasteiger partial charge in [0.05, 0.1) is 5.52 Å². The van der Waals surface area contributed by atoms with Gasteiger partial charge < -0.3 is 9.82 Å². The quantitative estimate of drug-likeness (QED) is 0.433. The molecule has 0 saturated carbocycles. The molecule has 5 rings (SSSR count). The summed E-state index contributed by atoms with van der Waals surface area (Å²) in [5.41, 5.74) is 5.35. The maximum absolute atomic E-state index is 13.5. The number of aromatic nitrogens is 3. The van der Waals surface area contributed by atoms with Crippen molar-refractivity contribution < 1.29 is 9.23 Å². The lowest BCUT2D eigenvalue weighted by atomic mass is 10.1. The van der Waals surface area contributed by atoms with Crippen molar-refractivity contribution in [2.45, 2.75) is 6.61 Å². The molecule has 0 saturated heterocycles. The first-order chi connectivity index (χ1) is 13.7. The molecule has 2 aromatic carbocycles. The van der Waals surface area contributed by atoms with Crippen LogP contribution in [0, 0.1) is 5.82 Å². The third-order valence-corrected chi connectivity index (χ3v) is 5.13. The van der Waals surface area contributed by atoms with Gasteiger partial charge in [-0.25, -0.2) is 4.39 Å². The first-order valence-electron chi connectivity index (χ1n) is 8.79. The minimum absolute atomic E-state index is 0.152. The first-order valence-corrected chi connectivity index (χ1v) is 9.17. The van der Waals surface area contributed by atoms with E-state index in [9.17, 15) is 4.39 Å². The predicted octanol–water partition coefficient (Wildman–Crippen LogP) is 5.61. The van der Waals surface area contributed by atoms with E-state index in [-0.39, 0.29) is 12.4 Å². The zero-order valence-corrected chi connectivity index (χ0v) is 15.4. The van der Waals surface area contributed by atoms with Crippen LogP contribution in [0.2, 0.25) is 5.02 Å². The number of nitrogens with zero attached hydrogens (tertiary/aromatic N) is 2. The molecule has 28 heavy (non-hydrogen) atoms. The molecule has 5 aromatic rings. The number of halogens is 2.